The molecule has 0 bridgehead atoms. The predicted molar refractivity (Wildman–Crippen MR) is 51.3 cm³/mol. The van der Waals surface area contributed by atoms with Crippen LogP contribution in [0.1, 0.15) is 10.4 Å². The number of nitro benzene ring substituents is 1. The second-order valence-corrected chi connectivity index (χ2v) is 2.70. The topological polar surface area (TPSA) is 60.2 Å². The maximum Gasteiger partial charge on any atom is 0.269 e. The molecule has 0 saturated carbocycles. The van der Waals surface area contributed by atoms with Crippen molar-refractivity contribution in [3.8, 4) is 0 Å². The Morgan fingerprint density at radius 2 is 1.92 bits per heavy atom. The summed E-state index contributed by atoms with van der Waals surface area (Å²) in [5.74, 6) is -0.0316. The van der Waals surface area contributed by atoms with Crippen molar-refractivity contribution < 1.29 is 9.72 Å². The van der Waals surface area contributed by atoms with Crippen LogP contribution >= 0.6 is 12.6 Å². The quantitative estimate of drug-likeness (QED) is 0.347. The van der Waals surface area contributed by atoms with Gasteiger partial charge in [-0.15, -0.1) is 0 Å². The van der Waals surface area contributed by atoms with Gasteiger partial charge < -0.3 is 0 Å². The maximum absolute atomic E-state index is 11.0. The molecule has 1 rings (SSSR count). The number of carbonyl (C=O) groups is 1. The molecule has 0 spiro atoms. The van der Waals surface area contributed by atoms with E-state index in [1.807, 2.05) is 0 Å². The van der Waals surface area contributed by atoms with Gasteiger partial charge in [0.1, 0.15) is 0 Å². The molecule has 68 valence electrons. The molecule has 0 fully saturated rings. The fourth-order valence-electron chi connectivity index (χ4n) is 0.860. The van der Waals surface area contributed by atoms with Crippen LogP contribution in [0.3, 0.4) is 0 Å². The number of thiol groups is 1. The molecule has 1 aromatic rings. The van der Waals surface area contributed by atoms with Crippen LogP contribution in [-0.4, -0.2) is 16.5 Å². The Balaban J connectivity index is 2.93. The van der Waals surface area contributed by atoms with E-state index >= 15 is 0 Å². The summed E-state index contributed by atoms with van der Waals surface area (Å²) in [6, 6.07) is 5.46. The number of nitrogens with zero attached hydrogens (tertiary/aromatic N) is 1. The molecule has 0 aliphatic heterocycles. The highest BCUT2D eigenvalue weighted by Gasteiger charge is 2.07. The van der Waals surface area contributed by atoms with Crippen molar-refractivity contribution in [2.24, 2.45) is 0 Å². The number of Topliss-reactive ketones (excluding diaryl/α,β-unsaturated/α-hetero) is 1. The number of ketones is 1. The number of hydrogen-bond donors (Lipinski definition) is 1. The molecule has 0 amide bonds. The summed E-state index contributed by atoms with van der Waals surface area (Å²) in [6.07, 6.45) is 0. The van der Waals surface area contributed by atoms with Crippen LogP contribution < -0.4 is 0 Å². The third-order valence-corrected chi connectivity index (χ3v) is 1.83. The van der Waals surface area contributed by atoms with Crippen LogP contribution in [-0.2, 0) is 0 Å². The number of rotatable bonds is 3. The fraction of sp³-hybridized carbons (Fsp3) is 0.125. The minimum Gasteiger partial charge on any atom is -0.293 e. The molecule has 0 aliphatic rings. The van der Waals surface area contributed by atoms with E-state index < -0.39 is 4.92 Å². The van der Waals surface area contributed by atoms with Crippen molar-refractivity contribution in [3.63, 3.8) is 0 Å². The second-order valence-electron chi connectivity index (χ2n) is 2.39. The van der Waals surface area contributed by atoms with Gasteiger partial charge >= 0.3 is 0 Å². The van der Waals surface area contributed by atoms with Crippen LogP contribution in [0, 0.1) is 10.1 Å². The summed E-state index contributed by atoms with van der Waals surface area (Å²) in [6.45, 7) is 0. The molecule has 0 atom stereocenters. The average Bonchev–Trinajstić information content (AvgIpc) is 2.17. The lowest BCUT2D eigenvalue weighted by Crippen LogP contribution is -1.99. The minimum absolute atomic E-state index is 0.0179. The normalized spacial score (nSPS) is 9.62. The zero-order chi connectivity index (χ0) is 9.84. The molecule has 0 saturated heterocycles. The molecule has 0 N–H and O–H groups in total. The highest BCUT2D eigenvalue weighted by atomic mass is 32.1. The first-order chi connectivity index (χ1) is 6.15. The summed E-state index contributed by atoms with van der Waals surface area (Å²) in [4.78, 5) is 20.8. The van der Waals surface area contributed by atoms with Gasteiger partial charge in [-0.05, 0) is 12.1 Å². The predicted octanol–water partition coefficient (Wildman–Crippen LogP) is 1.71. The van der Waals surface area contributed by atoms with Crippen LogP contribution in [0.25, 0.3) is 0 Å². The Morgan fingerprint density at radius 3 is 2.31 bits per heavy atom. The molecular weight excluding hydrogens is 190 g/mol. The monoisotopic (exact) mass is 197 g/mol. The smallest absolute Gasteiger partial charge is 0.269 e. The summed E-state index contributed by atoms with van der Waals surface area (Å²) in [7, 11) is 0. The molecule has 0 aliphatic carbocycles. The van der Waals surface area contributed by atoms with Crippen molar-refractivity contribution in [1.82, 2.24) is 0 Å². The third kappa shape index (κ3) is 2.29. The van der Waals surface area contributed by atoms with Gasteiger partial charge in [0, 0.05) is 17.7 Å². The average molecular weight is 197 g/mol. The number of non-ortho nitro benzene ring substituents is 1. The maximum atomic E-state index is 11.0. The lowest BCUT2D eigenvalue weighted by atomic mass is 10.1. The summed E-state index contributed by atoms with van der Waals surface area (Å²) in [5, 5.41) is 10.3. The zero-order valence-electron chi connectivity index (χ0n) is 6.64. The summed E-state index contributed by atoms with van der Waals surface area (Å²) >= 11 is 3.81. The Kier molecular flexibility index (Phi) is 3.02. The Hall–Kier alpha value is -1.36. The molecule has 0 unspecified atom stereocenters. The van der Waals surface area contributed by atoms with Gasteiger partial charge in [0.2, 0.25) is 0 Å². The third-order valence-electron chi connectivity index (χ3n) is 1.54. The van der Waals surface area contributed by atoms with Gasteiger partial charge in [0.25, 0.3) is 5.69 Å². The lowest BCUT2D eigenvalue weighted by Gasteiger charge is -1.95. The summed E-state index contributed by atoms with van der Waals surface area (Å²) < 4.78 is 0. The summed E-state index contributed by atoms with van der Waals surface area (Å²) in [5.41, 5.74) is 0.427. The van der Waals surface area contributed by atoms with Gasteiger partial charge in [-0.2, -0.15) is 12.6 Å². The Bertz CT molecular complexity index is 334. The van der Waals surface area contributed by atoms with E-state index in [1.165, 1.54) is 24.3 Å². The second kappa shape index (κ2) is 4.04. The standard InChI is InChI=1S/C8H7NO3S/c10-8(5-13)6-1-3-7(4-2-6)9(11)12/h1-4,13H,5H2. The van der Waals surface area contributed by atoms with Crippen molar-refractivity contribution in [3.05, 3.63) is 39.9 Å². The van der Waals surface area contributed by atoms with E-state index in [9.17, 15) is 14.9 Å². The number of carbonyl (C=O) groups excluding carboxylic acids is 1. The van der Waals surface area contributed by atoms with E-state index in [0.717, 1.165) is 0 Å². The van der Waals surface area contributed by atoms with Gasteiger partial charge in [-0.3, -0.25) is 14.9 Å². The van der Waals surface area contributed by atoms with Gasteiger partial charge in [-0.25, -0.2) is 0 Å². The number of benzene rings is 1. The van der Waals surface area contributed by atoms with Crippen molar-refractivity contribution >= 4 is 24.1 Å². The fourth-order valence-corrected chi connectivity index (χ4v) is 1.04. The first-order valence-electron chi connectivity index (χ1n) is 3.53. The van der Waals surface area contributed by atoms with Crippen molar-refractivity contribution in [2.45, 2.75) is 0 Å². The number of nitro groups is 1. The lowest BCUT2D eigenvalue weighted by molar-refractivity contribution is -0.384. The largest absolute Gasteiger partial charge is 0.293 e. The van der Waals surface area contributed by atoms with Gasteiger partial charge in [0.05, 0.1) is 10.7 Å². The molecule has 0 heterocycles. The Labute approximate surface area is 80.1 Å². The van der Waals surface area contributed by atoms with E-state index in [-0.39, 0.29) is 17.2 Å². The molecule has 13 heavy (non-hydrogen) atoms. The first-order valence-corrected chi connectivity index (χ1v) is 4.17. The highest BCUT2D eigenvalue weighted by Crippen LogP contribution is 2.12. The number of hydrogen-bond acceptors (Lipinski definition) is 4. The zero-order valence-corrected chi connectivity index (χ0v) is 7.53. The molecule has 0 radical (unpaired) electrons. The minimum atomic E-state index is -0.505. The van der Waals surface area contributed by atoms with Crippen LogP contribution in [0.2, 0.25) is 0 Å². The molecule has 5 heteroatoms. The van der Waals surface area contributed by atoms with Crippen LogP contribution in [0.15, 0.2) is 24.3 Å². The first kappa shape index (κ1) is 9.73. The van der Waals surface area contributed by atoms with Gasteiger partial charge in [-0.1, -0.05) is 0 Å². The van der Waals surface area contributed by atoms with E-state index in [1.54, 1.807) is 0 Å². The molecule has 1 aromatic carbocycles. The van der Waals surface area contributed by atoms with E-state index in [0.29, 0.717) is 5.56 Å². The molecular formula is C8H7NO3S. The highest BCUT2D eigenvalue weighted by molar-refractivity contribution is 7.81. The van der Waals surface area contributed by atoms with Gasteiger partial charge in [0.15, 0.2) is 5.78 Å². The molecule has 4 nitrogen and oxygen atoms in total. The molecule has 0 aromatic heterocycles. The van der Waals surface area contributed by atoms with Crippen LogP contribution in [0.4, 0.5) is 5.69 Å². The van der Waals surface area contributed by atoms with Crippen molar-refractivity contribution in [1.29, 1.82) is 0 Å². The van der Waals surface area contributed by atoms with E-state index in [2.05, 4.69) is 12.6 Å². The SMILES string of the molecule is O=C(CS)c1ccc([N+](=O)[O-])cc1. The Morgan fingerprint density at radius 1 is 1.38 bits per heavy atom. The van der Waals surface area contributed by atoms with E-state index in [4.69, 9.17) is 0 Å². The van der Waals surface area contributed by atoms with Crippen molar-refractivity contribution in [2.75, 3.05) is 5.75 Å². The van der Waals surface area contributed by atoms with Crippen LogP contribution in [0.5, 0.6) is 0 Å².